The van der Waals surface area contributed by atoms with Crippen LogP contribution < -0.4 is 5.32 Å². The normalized spacial score (nSPS) is 12.4. The fourth-order valence-electron chi connectivity index (χ4n) is 2.02. The molecule has 0 aromatic heterocycles. The zero-order valence-electron chi connectivity index (χ0n) is 11.5. The van der Waals surface area contributed by atoms with Crippen molar-refractivity contribution in [3.05, 3.63) is 59.7 Å². The van der Waals surface area contributed by atoms with Crippen molar-refractivity contribution in [2.75, 3.05) is 6.54 Å². The van der Waals surface area contributed by atoms with E-state index in [2.05, 4.69) is 12.2 Å². The third kappa shape index (κ3) is 3.58. The van der Waals surface area contributed by atoms with Crippen molar-refractivity contribution >= 4 is 11.8 Å². The fraction of sp³-hybridized carbons (Fsp3) is 0.250. The van der Waals surface area contributed by atoms with Gasteiger partial charge in [0.15, 0.2) is 0 Å². The van der Waals surface area contributed by atoms with Gasteiger partial charge in [0.1, 0.15) is 11.6 Å². The number of benzene rings is 2. The van der Waals surface area contributed by atoms with Crippen molar-refractivity contribution in [1.29, 1.82) is 0 Å². The lowest BCUT2D eigenvalue weighted by molar-refractivity contribution is 0.565. The van der Waals surface area contributed by atoms with Gasteiger partial charge in [0.05, 0.1) is 0 Å². The van der Waals surface area contributed by atoms with E-state index in [0.29, 0.717) is 4.90 Å². The van der Waals surface area contributed by atoms with Crippen LogP contribution in [-0.4, -0.2) is 6.54 Å². The Balaban J connectivity index is 2.29. The summed E-state index contributed by atoms with van der Waals surface area (Å²) in [5, 5.41) is 3.34. The second-order valence-electron chi connectivity index (χ2n) is 4.49. The molecule has 1 N–H and O–H groups in total. The number of nitrogens with one attached hydrogen (secondary N) is 1. The summed E-state index contributed by atoms with van der Waals surface area (Å²) in [5.74, 6) is -1.08. The highest BCUT2D eigenvalue weighted by atomic mass is 32.2. The molecule has 0 fully saturated rings. The van der Waals surface area contributed by atoms with Crippen LogP contribution in [0.4, 0.5) is 8.78 Å². The first-order valence-corrected chi connectivity index (χ1v) is 7.38. The van der Waals surface area contributed by atoms with Crippen LogP contribution in [0.2, 0.25) is 0 Å². The highest BCUT2D eigenvalue weighted by molar-refractivity contribution is 7.99. The molecule has 0 spiro atoms. The lowest BCUT2D eigenvalue weighted by Gasteiger charge is -2.17. The molecule has 0 bridgehead atoms. The largest absolute Gasteiger partial charge is 0.310 e. The van der Waals surface area contributed by atoms with Crippen molar-refractivity contribution in [2.45, 2.75) is 29.7 Å². The first kappa shape index (κ1) is 15.0. The fourth-order valence-corrected chi connectivity index (χ4v) is 3.06. The maximum atomic E-state index is 13.7. The third-order valence-corrected chi connectivity index (χ3v) is 4.15. The summed E-state index contributed by atoms with van der Waals surface area (Å²) >= 11 is 1.32. The van der Waals surface area contributed by atoms with Crippen LogP contribution in [0.25, 0.3) is 0 Å². The Morgan fingerprint density at radius 3 is 2.55 bits per heavy atom. The molecule has 2 aromatic rings. The van der Waals surface area contributed by atoms with Crippen molar-refractivity contribution in [3.8, 4) is 0 Å². The molecular formula is C16H17F2NS. The minimum Gasteiger partial charge on any atom is -0.310 e. The van der Waals surface area contributed by atoms with E-state index in [9.17, 15) is 8.78 Å². The van der Waals surface area contributed by atoms with Gasteiger partial charge >= 0.3 is 0 Å². The number of hydrogen-bond donors (Lipinski definition) is 1. The Kier molecular flexibility index (Phi) is 5.15. The zero-order valence-corrected chi connectivity index (χ0v) is 12.3. The summed E-state index contributed by atoms with van der Waals surface area (Å²) in [6.45, 7) is 4.99. The second kappa shape index (κ2) is 6.86. The van der Waals surface area contributed by atoms with Gasteiger partial charge in [-0.2, -0.15) is 0 Å². The van der Waals surface area contributed by atoms with Crippen molar-refractivity contribution in [1.82, 2.24) is 5.32 Å². The Bertz CT molecular complexity index is 586. The smallest absolute Gasteiger partial charge is 0.140 e. The first-order valence-electron chi connectivity index (χ1n) is 6.57. The molecule has 0 aliphatic heterocycles. The lowest BCUT2D eigenvalue weighted by Crippen LogP contribution is -2.18. The van der Waals surface area contributed by atoms with E-state index in [-0.39, 0.29) is 6.04 Å². The van der Waals surface area contributed by atoms with E-state index >= 15 is 0 Å². The Morgan fingerprint density at radius 2 is 1.85 bits per heavy atom. The molecule has 1 unspecified atom stereocenters. The van der Waals surface area contributed by atoms with Crippen LogP contribution in [0.1, 0.15) is 25.5 Å². The van der Waals surface area contributed by atoms with Crippen molar-refractivity contribution < 1.29 is 8.78 Å². The van der Waals surface area contributed by atoms with Crippen LogP contribution >= 0.6 is 11.8 Å². The molecule has 20 heavy (non-hydrogen) atoms. The molecular weight excluding hydrogens is 276 g/mol. The van der Waals surface area contributed by atoms with Crippen LogP contribution in [0.5, 0.6) is 0 Å². The Morgan fingerprint density at radius 1 is 1.10 bits per heavy atom. The Hall–Kier alpha value is -1.39. The topological polar surface area (TPSA) is 12.0 Å². The van der Waals surface area contributed by atoms with E-state index in [1.54, 1.807) is 0 Å². The molecule has 0 amide bonds. The van der Waals surface area contributed by atoms with Gasteiger partial charge in [-0.1, -0.05) is 36.9 Å². The Labute approximate surface area is 122 Å². The minimum absolute atomic E-state index is 0.187. The highest BCUT2D eigenvalue weighted by Crippen LogP contribution is 2.34. The highest BCUT2D eigenvalue weighted by Gasteiger charge is 2.12. The van der Waals surface area contributed by atoms with Crippen LogP contribution in [-0.2, 0) is 0 Å². The van der Waals surface area contributed by atoms with Crippen LogP contribution in [0.3, 0.4) is 0 Å². The van der Waals surface area contributed by atoms with Crippen LogP contribution in [0, 0.1) is 11.6 Å². The van der Waals surface area contributed by atoms with Gasteiger partial charge in [0.2, 0.25) is 0 Å². The average molecular weight is 293 g/mol. The van der Waals surface area contributed by atoms with Gasteiger partial charge in [0, 0.05) is 21.9 Å². The van der Waals surface area contributed by atoms with Crippen LogP contribution in [0.15, 0.2) is 52.3 Å². The summed E-state index contributed by atoms with van der Waals surface area (Å²) < 4.78 is 26.7. The number of hydrogen-bond acceptors (Lipinski definition) is 2. The molecule has 2 rings (SSSR count). The quantitative estimate of drug-likeness (QED) is 0.851. The number of halogens is 2. The predicted octanol–water partition coefficient (Wildman–Crippen LogP) is 4.79. The van der Waals surface area contributed by atoms with Gasteiger partial charge in [-0.3, -0.25) is 0 Å². The molecule has 0 heterocycles. The standard InChI is InChI=1S/C16H17F2NS/c1-3-19-11(2)13-6-4-5-7-15(13)20-16-9-8-12(17)10-14(16)18/h4-11,19H,3H2,1-2H3. The van der Waals surface area contributed by atoms with Crippen molar-refractivity contribution in [3.63, 3.8) is 0 Å². The second-order valence-corrected chi connectivity index (χ2v) is 5.58. The lowest BCUT2D eigenvalue weighted by atomic mass is 10.1. The third-order valence-electron chi connectivity index (χ3n) is 3.01. The molecule has 2 aromatic carbocycles. The van der Waals surface area contributed by atoms with Crippen molar-refractivity contribution in [2.24, 2.45) is 0 Å². The maximum absolute atomic E-state index is 13.7. The predicted molar refractivity (Wildman–Crippen MR) is 79.0 cm³/mol. The molecule has 0 radical (unpaired) electrons. The summed E-state index contributed by atoms with van der Waals surface area (Å²) in [7, 11) is 0. The van der Waals surface area contributed by atoms with E-state index in [1.807, 2.05) is 31.2 Å². The summed E-state index contributed by atoms with van der Waals surface area (Å²) in [6.07, 6.45) is 0. The summed E-state index contributed by atoms with van der Waals surface area (Å²) in [4.78, 5) is 1.41. The molecule has 0 aliphatic rings. The van der Waals surface area contributed by atoms with E-state index in [4.69, 9.17) is 0 Å². The molecule has 1 atom stereocenters. The SMILES string of the molecule is CCNC(C)c1ccccc1Sc1ccc(F)cc1F. The maximum Gasteiger partial charge on any atom is 0.140 e. The van der Waals surface area contributed by atoms with Gasteiger partial charge in [-0.15, -0.1) is 0 Å². The molecule has 106 valence electrons. The molecule has 0 saturated heterocycles. The molecule has 4 heteroatoms. The van der Waals surface area contributed by atoms with E-state index in [1.165, 1.54) is 23.9 Å². The molecule has 0 aliphatic carbocycles. The zero-order chi connectivity index (χ0) is 14.5. The minimum atomic E-state index is -0.554. The van der Waals surface area contributed by atoms with Gasteiger partial charge < -0.3 is 5.32 Å². The van der Waals surface area contributed by atoms with E-state index in [0.717, 1.165) is 23.1 Å². The van der Waals surface area contributed by atoms with Gasteiger partial charge in [0.25, 0.3) is 0 Å². The average Bonchev–Trinajstić information content (AvgIpc) is 2.43. The number of rotatable bonds is 5. The molecule has 1 nitrogen and oxygen atoms in total. The first-order chi connectivity index (χ1) is 9.61. The summed E-state index contributed by atoms with van der Waals surface area (Å²) in [5.41, 5.74) is 1.11. The van der Waals surface area contributed by atoms with Gasteiger partial charge in [-0.05, 0) is 37.2 Å². The monoisotopic (exact) mass is 293 g/mol. The molecule has 0 saturated carbocycles. The summed E-state index contributed by atoms with van der Waals surface area (Å²) in [6, 6.07) is 11.7. The van der Waals surface area contributed by atoms with Gasteiger partial charge in [-0.25, -0.2) is 8.78 Å². The van der Waals surface area contributed by atoms with E-state index < -0.39 is 11.6 Å².